The zero-order valence-corrected chi connectivity index (χ0v) is 9.87. The first-order valence-electron chi connectivity index (χ1n) is 5.40. The highest BCUT2D eigenvalue weighted by Crippen LogP contribution is 2.14. The number of hydrogen-bond donors (Lipinski definition) is 1. The zero-order valence-electron chi connectivity index (χ0n) is 9.87. The molecule has 1 atom stereocenters. The van der Waals surface area contributed by atoms with Crippen LogP contribution in [0, 0.1) is 6.92 Å². The molecule has 0 radical (unpaired) electrons. The van der Waals surface area contributed by atoms with Gasteiger partial charge >= 0.3 is 0 Å². The smallest absolute Gasteiger partial charge is 0.218 e. The summed E-state index contributed by atoms with van der Waals surface area (Å²) in [5.74, 6) is 2.20. The zero-order chi connectivity index (χ0) is 11.3. The molecule has 0 amide bonds. The molecule has 0 aromatic carbocycles. The lowest BCUT2D eigenvalue weighted by molar-refractivity contribution is 0.325. The molecule has 0 bridgehead atoms. The van der Waals surface area contributed by atoms with Crippen LogP contribution in [-0.2, 0) is 0 Å². The first-order chi connectivity index (χ1) is 7.15. The van der Waals surface area contributed by atoms with Crippen molar-refractivity contribution in [2.45, 2.75) is 40.2 Å². The van der Waals surface area contributed by atoms with Crippen LogP contribution >= 0.6 is 0 Å². The van der Waals surface area contributed by atoms with Gasteiger partial charge in [0.05, 0.1) is 6.61 Å². The SMILES string of the molecule is CCOc1cc(NC(C)CC)nc(C)n1. The first kappa shape index (κ1) is 11.8. The molecule has 0 spiro atoms. The van der Waals surface area contributed by atoms with Crippen molar-refractivity contribution >= 4 is 5.82 Å². The van der Waals surface area contributed by atoms with E-state index in [2.05, 4.69) is 29.1 Å². The molecule has 0 aliphatic heterocycles. The van der Waals surface area contributed by atoms with E-state index in [-0.39, 0.29) is 0 Å². The molecule has 0 aliphatic carbocycles. The summed E-state index contributed by atoms with van der Waals surface area (Å²) >= 11 is 0. The van der Waals surface area contributed by atoms with Crippen LogP contribution in [-0.4, -0.2) is 22.6 Å². The van der Waals surface area contributed by atoms with Gasteiger partial charge in [0.1, 0.15) is 11.6 Å². The van der Waals surface area contributed by atoms with Gasteiger partial charge < -0.3 is 10.1 Å². The van der Waals surface area contributed by atoms with Gasteiger partial charge in [-0.3, -0.25) is 0 Å². The predicted molar refractivity (Wildman–Crippen MR) is 61.3 cm³/mol. The van der Waals surface area contributed by atoms with E-state index in [1.54, 1.807) is 0 Å². The summed E-state index contributed by atoms with van der Waals surface area (Å²) in [5.41, 5.74) is 0. The molecular formula is C11H19N3O. The van der Waals surface area contributed by atoms with Crippen LogP contribution in [0.5, 0.6) is 5.88 Å². The monoisotopic (exact) mass is 209 g/mol. The number of aromatic nitrogens is 2. The molecule has 4 heteroatoms. The summed E-state index contributed by atoms with van der Waals surface area (Å²) in [7, 11) is 0. The van der Waals surface area contributed by atoms with Gasteiger partial charge in [0.2, 0.25) is 5.88 Å². The Morgan fingerprint density at radius 2 is 2.13 bits per heavy atom. The van der Waals surface area contributed by atoms with E-state index in [0.29, 0.717) is 18.5 Å². The van der Waals surface area contributed by atoms with Crippen LogP contribution in [0.4, 0.5) is 5.82 Å². The van der Waals surface area contributed by atoms with E-state index in [1.165, 1.54) is 0 Å². The lowest BCUT2D eigenvalue weighted by atomic mass is 10.2. The van der Waals surface area contributed by atoms with Crippen LogP contribution in [0.1, 0.15) is 33.0 Å². The molecule has 1 rings (SSSR count). The molecule has 0 saturated heterocycles. The highest BCUT2D eigenvalue weighted by molar-refractivity contribution is 5.39. The fourth-order valence-electron chi connectivity index (χ4n) is 1.19. The average Bonchev–Trinajstić information content (AvgIpc) is 2.17. The highest BCUT2D eigenvalue weighted by Gasteiger charge is 2.04. The van der Waals surface area contributed by atoms with Gasteiger partial charge in [0.25, 0.3) is 0 Å². The normalized spacial score (nSPS) is 12.3. The molecular weight excluding hydrogens is 190 g/mol. The Morgan fingerprint density at radius 3 is 2.73 bits per heavy atom. The van der Waals surface area contributed by atoms with Crippen LogP contribution < -0.4 is 10.1 Å². The van der Waals surface area contributed by atoms with E-state index < -0.39 is 0 Å². The Bertz CT molecular complexity index is 315. The summed E-state index contributed by atoms with van der Waals surface area (Å²) in [6.07, 6.45) is 1.06. The van der Waals surface area contributed by atoms with Gasteiger partial charge in [-0.2, -0.15) is 4.98 Å². The molecule has 1 aromatic heterocycles. The van der Waals surface area contributed by atoms with Crippen molar-refractivity contribution in [3.05, 3.63) is 11.9 Å². The number of anilines is 1. The van der Waals surface area contributed by atoms with Crippen molar-refractivity contribution in [1.82, 2.24) is 9.97 Å². The molecule has 0 saturated carbocycles. The van der Waals surface area contributed by atoms with Gasteiger partial charge in [0.15, 0.2) is 0 Å². The lowest BCUT2D eigenvalue weighted by Gasteiger charge is -2.13. The molecule has 15 heavy (non-hydrogen) atoms. The number of rotatable bonds is 5. The summed E-state index contributed by atoms with van der Waals surface area (Å²) in [4.78, 5) is 8.49. The van der Waals surface area contributed by atoms with Crippen LogP contribution in [0.3, 0.4) is 0 Å². The number of hydrogen-bond acceptors (Lipinski definition) is 4. The maximum absolute atomic E-state index is 5.35. The molecule has 1 heterocycles. The van der Waals surface area contributed by atoms with E-state index in [4.69, 9.17) is 4.74 Å². The van der Waals surface area contributed by atoms with Crippen molar-refractivity contribution in [2.75, 3.05) is 11.9 Å². The van der Waals surface area contributed by atoms with Crippen molar-refractivity contribution in [3.8, 4) is 5.88 Å². The standard InChI is InChI=1S/C11H19N3O/c1-5-8(3)12-10-7-11(15-6-2)14-9(4)13-10/h7-8H,5-6H2,1-4H3,(H,12,13,14). The van der Waals surface area contributed by atoms with Gasteiger partial charge in [-0.15, -0.1) is 0 Å². The molecule has 84 valence electrons. The average molecular weight is 209 g/mol. The number of aryl methyl sites for hydroxylation is 1. The second-order valence-electron chi connectivity index (χ2n) is 3.53. The van der Waals surface area contributed by atoms with Gasteiger partial charge in [-0.05, 0) is 27.2 Å². The number of ether oxygens (including phenoxy) is 1. The number of nitrogens with zero attached hydrogens (tertiary/aromatic N) is 2. The highest BCUT2D eigenvalue weighted by atomic mass is 16.5. The fraction of sp³-hybridized carbons (Fsp3) is 0.636. The Kier molecular flexibility index (Phi) is 4.34. The molecule has 4 nitrogen and oxygen atoms in total. The third kappa shape index (κ3) is 3.73. The van der Waals surface area contributed by atoms with Crippen molar-refractivity contribution in [3.63, 3.8) is 0 Å². The quantitative estimate of drug-likeness (QED) is 0.809. The van der Waals surface area contributed by atoms with E-state index in [9.17, 15) is 0 Å². The third-order valence-electron chi connectivity index (χ3n) is 2.11. The molecule has 0 aliphatic rings. The fourth-order valence-corrected chi connectivity index (χ4v) is 1.19. The summed E-state index contributed by atoms with van der Waals surface area (Å²) in [5, 5.41) is 3.30. The Balaban J connectivity index is 2.78. The van der Waals surface area contributed by atoms with Crippen molar-refractivity contribution in [2.24, 2.45) is 0 Å². The minimum atomic E-state index is 0.411. The molecule has 1 N–H and O–H groups in total. The number of nitrogens with one attached hydrogen (secondary N) is 1. The Morgan fingerprint density at radius 1 is 1.40 bits per heavy atom. The van der Waals surface area contributed by atoms with E-state index >= 15 is 0 Å². The van der Waals surface area contributed by atoms with Crippen molar-refractivity contribution in [1.29, 1.82) is 0 Å². The molecule has 1 aromatic rings. The second-order valence-corrected chi connectivity index (χ2v) is 3.53. The minimum Gasteiger partial charge on any atom is -0.478 e. The summed E-state index contributed by atoms with van der Waals surface area (Å²) < 4.78 is 5.35. The lowest BCUT2D eigenvalue weighted by Crippen LogP contribution is -2.15. The largest absolute Gasteiger partial charge is 0.478 e. The third-order valence-corrected chi connectivity index (χ3v) is 2.11. The molecule has 1 unspecified atom stereocenters. The van der Waals surface area contributed by atoms with E-state index in [0.717, 1.165) is 18.1 Å². The maximum Gasteiger partial charge on any atom is 0.218 e. The Labute approximate surface area is 91.1 Å². The van der Waals surface area contributed by atoms with Gasteiger partial charge in [-0.1, -0.05) is 6.92 Å². The van der Waals surface area contributed by atoms with Crippen LogP contribution in [0.15, 0.2) is 6.07 Å². The first-order valence-corrected chi connectivity index (χ1v) is 5.40. The summed E-state index contributed by atoms with van der Waals surface area (Å²) in [6, 6.07) is 2.25. The minimum absolute atomic E-state index is 0.411. The van der Waals surface area contributed by atoms with Gasteiger partial charge in [0, 0.05) is 12.1 Å². The van der Waals surface area contributed by atoms with Crippen molar-refractivity contribution < 1.29 is 4.74 Å². The van der Waals surface area contributed by atoms with Gasteiger partial charge in [-0.25, -0.2) is 4.98 Å². The predicted octanol–water partition coefficient (Wildman–Crippen LogP) is 2.39. The van der Waals surface area contributed by atoms with Crippen LogP contribution in [0.25, 0.3) is 0 Å². The maximum atomic E-state index is 5.35. The second kappa shape index (κ2) is 5.53. The van der Waals surface area contributed by atoms with Crippen LogP contribution in [0.2, 0.25) is 0 Å². The Hall–Kier alpha value is -1.32. The summed E-state index contributed by atoms with van der Waals surface area (Å²) in [6.45, 7) is 8.69. The van der Waals surface area contributed by atoms with E-state index in [1.807, 2.05) is 19.9 Å². The molecule has 0 fully saturated rings. The topological polar surface area (TPSA) is 47.0 Å².